The predicted octanol–water partition coefficient (Wildman–Crippen LogP) is 2.11. The van der Waals surface area contributed by atoms with Gasteiger partial charge < -0.3 is 19.5 Å². The smallest absolute Gasteiger partial charge is 0.262 e. The summed E-state index contributed by atoms with van der Waals surface area (Å²) in [6.45, 7) is 0.713. The summed E-state index contributed by atoms with van der Waals surface area (Å²) in [5.74, 6) is 2.38. The molecule has 0 spiro atoms. The van der Waals surface area contributed by atoms with Crippen LogP contribution in [0, 0.1) is 0 Å². The summed E-state index contributed by atoms with van der Waals surface area (Å²) >= 11 is 1.48. The SMILES string of the molecule is O=C1NC2COc3cc4c(cc3C2c2ccsc21)OCO4. The zero-order valence-electron chi connectivity index (χ0n) is 10.9. The number of amides is 1. The highest BCUT2D eigenvalue weighted by atomic mass is 32.1. The van der Waals surface area contributed by atoms with Crippen molar-refractivity contribution >= 4 is 17.2 Å². The van der Waals surface area contributed by atoms with Crippen LogP contribution in [0.1, 0.15) is 26.7 Å². The summed E-state index contributed by atoms with van der Waals surface area (Å²) < 4.78 is 16.7. The molecule has 0 saturated heterocycles. The highest BCUT2D eigenvalue weighted by Gasteiger charge is 2.41. The van der Waals surface area contributed by atoms with E-state index in [2.05, 4.69) is 5.32 Å². The van der Waals surface area contributed by atoms with Crippen molar-refractivity contribution < 1.29 is 19.0 Å². The van der Waals surface area contributed by atoms with Crippen molar-refractivity contribution in [2.24, 2.45) is 0 Å². The first kappa shape index (κ1) is 11.4. The van der Waals surface area contributed by atoms with Crippen LogP contribution in [0.4, 0.5) is 0 Å². The molecule has 1 aromatic carbocycles. The first-order valence-corrected chi connectivity index (χ1v) is 7.64. The zero-order valence-corrected chi connectivity index (χ0v) is 11.7. The molecular formula is C15H11NO4S. The summed E-state index contributed by atoms with van der Waals surface area (Å²) in [7, 11) is 0. The molecule has 21 heavy (non-hydrogen) atoms. The van der Waals surface area contributed by atoms with E-state index in [1.807, 2.05) is 23.6 Å². The first-order chi connectivity index (χ1) is 10.3. The zero-order chi connectivity index (χ0) is 14.0. The minimum atomic E-state index is -0.0347. The van der Waals surface area contributed by atoms with Crippen molar-refractivity contribution in [1.29, 1.82) is 0 Å². The second-order valence-electron chi connectivity index (χ2n) is 5.32. The van der Waals surface area contributed by atoms with Gasteiger partial charge in [0.2, 0.25) is 6.79 Å². The Bertz CT molecular complexity index is 769. The van der Waals surface area contributed by atoms with Gasteiger partial charge in [-0.05, 0) is 23.1 Å². The maximum Gasteiger partial charge on any atom is 0.262 e. The molecule has 5 nitrogen and oxygen atoms in total. The Morgan fingerprint density at radius 1 is 1.10 bits per heavy atom. The largest absolute Gasteiger partial charge is 0.491 e. The van der Waals surface area contributed by atoms with Gasteiger partial charge in [-0.1, -0.05) is 0 Å². The Hall–Kier alpha value is -2.21. The number of ether oxygens (including phenoxy) is 3. The molecule has 1 N–H and O–H groups in total. The molecule has 4 heterocycles. The molecule has 2 unspecified atom stereocenters. The van der Waals surface area contributed by atoms with E-state index in [9.17, 15) is 4.79 Å². The number of carbonyl (C=O) groups excluding carboxylic acids is 1. The van der Waals surface area contributed by atoms with Crippen molar-refractivity contribution in [3.05, 3.63) is 39.6 Å². The van der Waals surface area contributed by atoms with Crippen molar-refractivity contribution in [2.75, 3.05) is 13.4 Å². The van der Waals surface area contributed by atoms with Crippen LogP contribution in [0.25, 0.3) is 0 Å². The fourth-order valence-corrected chi connectivity index (χ4v) is 4.14. The third-order valence-electron chi connectivity index (χ3n) is 4.21. The fourth-order valence-electron chi connectivity index (χ4n) is 3.29. The van der Waals surface area contributed by atoms with E-state index in [1.54, 1.807) is 0 Å². The van der Waals surface area contributed by atoms with Crippen LogP contribution in [0.3, 0.4) is 0 Å². The van der Waals surface area contributed by atoms with E-state index in [0.29, 0.717) is 6.61 Å². The molecule has 2 atom stereocenters. The average molecular weight is 301 g/mol. The van der Waals surface area contributed by atoms with Crippen LogP contribution in [-0.4, -0.2) is 25.3 Å². The van der Waals surface area contributed by atoms with E-state index in [4.69, 9.17) is 14.2 Å². The lowest BCUT2D eigenvalue weighted by Crippen LogP contribution is -2.49. The second kappa shape index (κ2) is 3.92. The van der Waals surface area contributed by atoms with Gasteiger partial charge in [-0.15, -0.1) is 11.3 Å². The minimum Gasteiger partial charge on any atom is -0.491 e. The summed E-state index contributed by atoms with van der Waals surface area (Å²) in [6, 6.07) is 5.87. The molecule has 6 heteroatoms. The number of rotatable bonds is 0. The van der Waals surface area contributed by atoms with Crippen molar-refractivity contribution in [3.8, 4) is 17.2 Å². The molecular weight excluding hydrogens is 290 g/mol. The van der Waals surface area contributed by atoms with Gasteiger partial charge in [0.1, 0.15) is 12.4 Å². The highest BCUT2D eigenvalue weighted by molar-refractivity contribution is 7.12. The number of benzene rings is 1. The molecule has 0 saturated carbocycles. The molecule has 106 valence electrons. The summed E-state index contributed by atoms with van der Waals surface area (Å²) in [5, 5.41) is 5.01. The molecule has 3 aliphatic rings. The standard InChI is InChI=1S/C15H11NO4S/c17-15-14-7(1-2-21-14)13-8-3-11-12(20-6-19-11)4-10(8)18-5-9(13)16-15/h1-4,9,13H,5-6H2,(H,16,17). The lowest BCUT2D eigenvalue weighted by Gasteiger charge is -2.37. The monoisotopic (exact) mass is 301 g/mol. The lowest BCUT2D eigenvalue weighted by atomic mass is 9.81. The van der Waals surface area contributed by atoms with Crippen molar-refractivity contribution in [1.82, 2.24) is 5.32 Å². The fraction of sp³-hybridized carbons (Fsp3) is 0.267. The molecule has 0 radical (unpaired) electrons. The number of hydrogen-bond acceptors (Lipinski definition) is 5. The predicted molar refractivity (Wildman–Crippen MR) is 75.5 cm³/mol. The molecule has 0 bridgehead atoms. The van der Waals surface area contributed by atoms with Gasteiger partial charge in [-0.25, -0.2) is 0 Å². The Morgan fingerprint density at radius 2 is 1.95 bits per heavy atom. The van der Waals surface area contributed by atoms with E-state index in [1.165, 1.54) is 11.3 Å². The minimum absolute atomic E-state index is 0.00552. The van der Waals surface area contributed by atoms with Gasteiger partial charge in [-0.2, -0.15) is 0 Å². The van der Waals surface area contributed by atoms with Crippen LogP contribution < -0.4 is 19.5 Å². The number of nitrogens with one attached hydrogen (secondary N) is 1. The number of fused-ring (bicyclic) bond motifs is 6. The molecule has 5 rings (SSSR count). The van der Waals surface area contributed by atoms with Crippen LogP contribution in [0.5, 0.6) is 17.2 Å². The van der Waals surface area contributed by atoms with E-state index in [-0.39, 0.29) is 24.7 Å². The van der Waals surface area contributed by atoms with Crippen molar-refractivity contribution in [2.45, 2.75) is 12.0 Å². The van der Waals surface area contributed by atoms with E-state index >= 15 is 0 Å². The lowest BCUT2D eigenvalue weighted by molar-refractivity contribution is 0.0893. The van der Waals surface area contributed by atoms with Gasteiger partial charge in [0.15, 0.2) is 11.5 Å². The number of hydrogen-bond donors (Lipinski definition) is 1. The Labute approximate surface area is 124 Å². The second-order valence-corrected chi connectivity index (χ2v) is 6.23. The maximum absolute atomic E-state index is 12.1. The van der Waals surface area contributed by atoms with Crippen LogP contribution in [-0.2, 0) is 0 Å². The molecule has 3 aliphatic heterocycles. The maximum atomic E-state index is 12.1. The highest BCUT2D eigenvalue weighted by Crippen LogP contribution is 2.48. The van der Waals surface area contributed by atoms with Crippen LogP contribution in [0.2, 0.25) is 0 Å². The third kappa shape index (κ3) is 1.48. The average Bonchev–Trinajstić information content (AvgIpc) is 3.13. The van der Waals surface area contributed by atoms with Crippen LogP contribution in [0.15, 0.2) is 23.6 Å². The summed E-state index contributed by atoms with van der Waals surface area (Å²) in [6.07, 6.45) is 0. The molecule has 1 amide bonds. The first-order valence-electron chi connectivity index (χ1n) is 6.76. The molecule has 2 aromatic rings. The van der Waals surface area contributed by atoms with E-state index in [0.717, 1.165) is 33.3 Å². The normalized spacial score (nSPS) is 24.5. The van der Waals surface area contributed by atoms with Crippen LogP contribution >= 0.6 is 11.3 Å². The Morgan fingerprint density at radius 3 is 2.86 bits per heavy atom. The quantitative estimate of drug-likeness (QED) is 0.810. The van der Waals surface area contributed by atoms with Gasteiger partial charge in [0.25, 0.3) is 5.91 Å². The summed E-state index contributed by atoms with van der Waals surface area (Å²) in [4.78, 5) is 12.9. The van der Waals surface area contributed by atoms with Gasteiger partial charge >= 0.3 is 0 Å². The van der Waals surface area contributed by atoms with Crippen molar-refractivity contribution in [3.63, 3.8) is 0 Å². The van der Waals surface area contributed by atoms with Gasteiger partial charge in [-0.3, -0.25) is 4.79 Å². The molecule has 0 aliphatic carbocycles. The molecule has 1 aromatic heterocycles. The van der Waals surface area contributed by atoms with Gasteiger partial charge in [0, 0.05) is 17.5 Å². The Balaban J connectivity index is 1.72. The topological polar surface area (TPSA) is 56.8 Å². The Kier molecular flexibility index (Phi) is 2.13. The van der Waals surface area contributed by atoms with Gasteiger partial charge in [0.05, 0.1) is 10.9 Å². The number of carbonyl (C=O) groups is 1. The summed E-state index contributed by atoms with van der Waals surface area (Å²) in [5.41, 5.74) is 2.13. The number of thiophene rings is 1. The third-order valence-corrected chi connectivity index (χ3v) is 5.14. The molecule has 0 fully saturated rings. The van der Waals surface area contributed by atoms with E-state index < -0.39 is 0 Å².